The van der Waals surface area contributed by atoms with Crippen molar-refractivity contribution in [2.24, 2.45) is 0 Å². The van der Waals surface area contributed by atoms with E-state index in [2.05, 4.69) is 22.0 Å². The summed E-state index contributed by atoms with van der Waals surface area (Å²) in [6, 6.07) is 11.4. The summed E-state index contributed by atoms with van der Waals surface area (Å²) in [6.07, 6.45) is 1.66. The number of carbonyl (C=O) groups excluding carboxylic acids is 1. The average molecular weight is 466 g/mol. The number of fused-ring (bicyclic) bond motifs is 1. The van der Waals surface area contributed by atoms with Crippen LogP contribution in [0.15, 0.2) is 59.0 Å². The van der Waals surface area contributed by atoms with Crippen molar-refractivity contribution in [2.75, 3.05) is 11.1 Å². The van der Waals surface area contributed by atoms with Gasteiger partial charge in [-0.05, 0) is 38.5 Å². The first-order valence-electron chi connectivity index (χ1n) is 10.0. The smallest absolute Gasteiger partial charge is 0.263 e. The first kappa shape index (κ1) is 22.0. The number of hydrogen-bond acceptors (Lipinski definition) is 6. The topological polar surface area (TPSA) is 81.8 Å². The molecule has 1 N–H and O–H groups in total. The fourth-order valence-corrected chi connectivity index (χ4v) is 5.25. The molecule has 0 spiro atoms. The van der Waals surface area contributed by atoms with Gasteiger partial charge in [0.2, 0.25) is 5.91 Å². The molecule has 0 aliphatic heterocycles. The second kappa shape index (κ2) is 9.13. The first-order chi connectivity index (χ1) is 15.4. The molecule has 7 nitrogen and oxygen atoms in total. The number of para-hydroxylation sites is 1. The van der Waals surface area contributed by atoms with E-state index in [0.29, 0.717) is 27.7 Å². The van der Waals surface area contributed by atoms with Gasteiger partial charge in [-0.3, -0.25) is 14.2 Å². The lowest BCUT2D eigenvalue weighted by molar-refractivity contribution is -0.113. The third kappa shape index (κ3) is 4.26. The highest BCUT2D eigenvalue weighted by molar-refractivity contribution is 7.99. The lowest BCUT2D eigenvalue weighted by atomic mass is 10.2. The number of benzene rings is 1. The first-order valence-corrected chi connectivity index (χ1v) is 11.9. The van der Waals surface area contributed by atoms with Crippen molar-refractivity contribution in [1.29, 1.82) is 0 Å². The van der Waals surface area contributed by atoms with Gasteiger partial charge in [0.1, 0.15) is 10.6 Å². The molecule has 164 valence electrons. The van der Waals surface area contributed by atoms with Crippen LogP contribution in [0.1, 0.15) is 16.1 Å². The Kier molecular flexibility index (Phi) is 6.29. The molecule has 0 atom stereocenters. The predicted octanol–water partition coefficient (Wildman–Crippen LogP) is 4.49. The van der Waals surface area contributed by atoms with Crippen LogP contribution < -0.4 is 10.9 Å². The lowest BCUT2D eigenvalue weighted by Crippen LogP contribution is -2.24. The molecule has 32 heavy (non-hydrogen) atoms. The van der Waals surface area contributed by atoms with Crippen molar-refractivity contribution in [3.05, 3.63) is 75.5 Å². The molecule has 0 unspecified atom stereocenters. The zero-order chi connectivity index (χ0) is 22.8. The maximum atomic E-state index is 13.1. The van der Waals surface area contributed by atoms with Crippen molar-refractivity contribution in [3.63, 3.8) is 0 Å². The molecule has 4 aromatic rings. The molecule has 0 aliphatic rings. The quantitative estimate of drug-likeness (QED) is 0.247. The van der Waals surface area contributed by atoms with E-state index in [1.807, 2.05) is 57.2 Å². The van der Waals surface area contributed by atoms with Crippen LogP contribution in [-0.4, -0.2) is 31.0 Å². The van der Waals surface area contributed by atoms with E-state index in [1.54, 1.807) is 15.3 Å². The molecule has 3 heterocycles. The number of nitrogens with zero attached hydrogens (tertiary/aromatic N) is 4. The Bertz CT molecular complexity index is 1370. The van der Waals surface area contributed by atoms with Crippen LogP contribution in [0.2, 0.25) is 0 Å². The molecule has 1 amide bonds. The molecule has 0 saturated heterocycles. The summed E-state index contributed by atoms with van der Waals surface area (Å²) in [4.78, 5) is 32.3. The van der Waals surface area contributed by atoms with Gasteiger partial charge in [-0.2, -0.15) is 5.10 Å². The minimum atomic E-state index is -0.204. The number of nitrogens with one attached hydrogen (secondary N) is 1. The van der Waals surface area contributed by atoms with Gasteiger partial charge in [-0.25, -0.2) is 9.67 Å². The second-order valence-corrected chi connectivity index (χ2v) is 9.46. The van der Waals surface area contributed by atoms with Crippen molar-refractivity contribution in [2.45, 2.75) is 32.5 Å². The zero-order valence-electron chi connectivity index (χ0n) is 18.1. The predicted molar refractivity (Wildman–Crippen MR) is 131 cm³/mol. The van der Waals surface area contributed by atoms with E-state index in [9.17, 15) is 9.59 Å². The van der Waals surface area contributed by atoms with Crippen LogP contribution >= 0.6 is 23.1 Å². The van der Waals surface area contributed by atoms with Gasteiger partial charge < -0.3 is 5.32 Å². The molecule has 0 radical (unpaired) electrons. The monoisotopic (exact) mass is 465 g/mol. The van der Waals surface area contributed by atoms with Gasteiger partial charge in [0.05, 0.1) is 22.5 Å². The van der Waals surface area contributed by atoms with Crippen molar-refractivity contribution in [1.82, 2.24) is 19.3 Å². The minimum Gasteiger partial charge on any atom is -0.310 e. The third-order valence-electron chi connectivity index (χ3n) is 5.00. The largest absolute Gasteiger partial charge is 0.310 e. The minimum absolute atomic E-state index is 0.0996. The highest BCUT2D eigenvalue weighted by Crippen LogP contribution is 2.28. The van der Waals surface area contributed by atoms with E-state index in [-0.39, 0.29) is 17.2 Å². The Hall–Kier alpha value is -3.17. The summed E-state index contributed by atoms with van der Waals surface area (Å²) >= 11 is 2.73. The van der Waals surface area contributed by atoms with Gasteiger partial charge >= 0.3 is 0 Å². The zero-order valence-corrected chi connectivity index (χ0v) is 19.7. The molecule has 1 aromatic carbocycles. The number of rotatable bonds is 7. The molecule has 3 aromatic heterocycles. The third-order valence-corrected chi connectivity index (χ3v) is 7.08. The van der Waals surface area contributed by atoms with Crippen LogP contribution in [0.5, 0.6) is 0 Å². The van der Waals surface area contributed by atoms with E-state index in [1.165, 1.54) is 23.1 Å². The SMILES string of the molecule is C=CCn1c(SCC(=O)Nc2cc(C)nn2-c2ccccc2)nc2sc(C)c(C)c2c1=O. The summed E-state index contributed by atoms with van der Waals surface area (Å²) in [5.74, 6) is 0.498. The number of hydrogen-bond donors (Lipinski definition) is 1. The normalized spacial score (nSPS) is 11.1. The van der Waals surface area contributed by atoms with Gasteiger partial charge in [0, 0.05) is 17.5 Å². The molecule has 0 bridgehead atoms. The number of thiophene rings is 1. The molecule has 0 fully saturated rings. The molecular weight excluding hydrogens is 442 g/mol. The Labute approximate surface area is 193 Å². The van der Waals surface area contributed by atoms with E-state index >= 15 is 0 Å². The van der Waals surface area contributed by atoms with Gasteiger partial charge in [0.15, 0.2) is 5.16 Å². The molecule has 9 heteroatoms. The van der Waals surface area contributed by atoms with Crippen LogP contribution in [0.25, 0.3) is 15.9 Å². The highest BCUT2D eigenvalue weighted by Gasteiger charge is 2.18. The number of amides is 1. The van der Waals surface area contributed by atoms with Gasteiger partial charge in [-0.15, -0.1) is 17.9 Å². The Morgan fingerprint density at radius 2 is 2.00 bits per heavy atom. The number of allylic oxidation sites excluding steroid dienone is 1. The Balaban J connectivity index is 1.57. The van der Waals surface area contributed by atoms with Crippen molar-refractivity contribution < 1.29 is 4.79 Å². The fraction of sp³-hybridized carbons (Fsp3) is 0.217. The van der Waals surface area contributed by atoms with Crippen molar-refractivity contribution in [3.8, 4) is 5.69 Å². The summed E-state index contributed by atoms with van der Waals surface area (Å²) in [6.45, 7) is 9.89. The number of aromatic nitrogens is 4. The Morgan fingerprint density at radius 1 is 1.25 bits per heavy atom. The molecule has 0 aliphatic carbocycles. The molecular formula is C23H23N5O2S2. The standard InChI is InChI=1S/C23H23N5O2S2/c1-5-11-27-22(30)20-15(3)16(4)32-21(20)25-23(27)31-13-19(29)24-18-12-14(2)26-28(18)17-9-7-6-8-10-17/h5-10,12H,1,11,13H2,2-4H3,(H,24,29). The maximum absolute atomic E-state index is 13.1. The lowest BCUT2D eigenvalue weighted by Gasteiger charge is -2.11. The van der Waals surface area contributed by atoms with E-state index in [4.69, 9.17) is 0 Å². The van der Waals surface area contributed by atoms with Gasteiger partial charge in [-0.1, -0.05) is 36.0 Å². The summed E-state index contributed by atoms with van der Waals surface area (Å²) in [7, 11) is 0. The van der Waals surface area contributed by atoms with E-state index < -0.39 is 0 Å². The molecule has 0 saturated carbocycles. The number of thioether (sulfide) groups is 1. The summed E-state index contributed by atoms with van der Waals surface area (Å²) < 4.78 is 3.28. The number of anilines is 1. The van der Waals surface area contributed by atoms with Crippen molar-refractivity contribution >= 4 is 45.0 Å². The average Bonchev–Trinajstić information content (AvgIpc) is 3.28. The van der Waals surface area contributed by atoms with Gasteiger partial charge in [0.25, 0.3) is 5.56 Å². The number of carbonyl (C=O) groups is 1. The molecule has 4 rings (SSSR count). The van der Waals surface area contributed by atoms with E-state index in [0.717, 1.165) is 21.8 Å². The second-order valence-electron chi connectivity index (χ2n) is 7.32. The summed E-state index contributed by atoms with van der Waals surface area (Å²) in [5, 5.41) is 8.55. The Morgan fingerprint density at radius 3 is 2.72 bits per heavy atom. The summed E-state index contributed by atoms with van der Waals surface area (Å²) in [5.41, 5.74) is 2.52. The van der Waals surface area contributed by atoms with Crippen LogP contribution in [-0.2, 0) is 11.3 Å². The fourth-order valence-electron chi connectivity index (χ4n) is 3.37. The number of aryl methyl sites for hydroxylation is 3. The van der Waals surface area contributed by atoms with Crippen LogP contribution in [0.4, 0.5) is 5.82 Å². The van der Waals surface area contributed by atoms with Crippen LogP contribution in [0, 0.1) is 20.8 Å². The maximum Gasteiger partial charge on any atom is 0.263 e. The van der Waals surface area contributed by atoms with Crippen LogP contribution in [0.3, 0.4) is 0 Å². The highest BCUT2D eigenvalue weighted by atomic mass is 32.2.